The van der Waals surface area contributed by atoms with E-state index in [1.807, 2.05) is 13.0 Å². The van der Waals surface area contributed by atoms with Crippen molar-refractivity contribution in [1.82, 2.24) is 4.83 Å². The van der Waals surface area contributed by atoms with Gasteiger partial charge >= 0.3 is 0 Å². The van der Waals surface area contributed by atoms with Gasteiger partial charge in [-0.05, 0) is 43.2 Å². The topological polar surface area (TPSA) is 77.0 Å². The lowest BCUT2D eigenvalue weighted by Gasteiger charge is -2.09. The largest absolute Gasteiger partial charge is 0.497 e. The summed E-state index contributed by atoms with van der Waals surface area (Å²) in [6.07, 6.45) is 1.39. The van der Waals surface area contributed by atoms with Crippen molar-refractivity contribution < 1.29 is 17.9 Å². The Balaban J connectivity index is 2.23. The second-order valence-electron chi connectivity index (χ2n) is 5.23. The van der Waals surface area contributed by atoms with E-state index >= 15 is 0 Å². The van der Waals surface area contributed by atoms with Crippen LogP contribution in [-0.2, 0) is 10.0 Å². The number of sulfonamides is 1. The summed E-state index contributed by atoms with van der Waals surface area (Å²) in [5.41, 5.74) is 2.15. The van der Waals surface area contributed by atoms with E-state index < -0.39 is 10.0 Å². The fourth-order valence-corrected chi connectivity index (χ4v) is 3.26. The van der Waals surface area contributed by atoms with Gasteiger partial charge in [-0.3, -0.25) is 0 Å². The lowest BCUT2D eigenvalue weighted by Crippen LogP contribution is -2.19. The zero-order valence-corrected chi connectivity index (χ0v) is 14.8. The van der Waals surface area contributed by atoms with E-state index in [0.29, 0.717) is 22.6 Å². The van der Waals surface area contributed by atoms with Crippen LogP contribution in [0.4, 0.5) is 0 Å². The molecule has 0 radical (unpaired) electrons. The van der Waals surface area contributed by atoms with Gasteiger partial charge in [0.15, 0.2) is 0 Å². The highest BCUT2D eigenvalue weighted by atomic mass is 32.2. The quantitative estimate of drug-likeness (QED) is 0.643. The third kappa shape index (κ3) is 4.05. The summed E-state index contributed by atoms with van der Waals surface area (Å²) < 4.78 is 35.1. The Hall–Kier alpha value is -2.54. The lowest BCUT2D eigenvalue weighted by molar-refractivity contribution is 0.394. The van der Waals surface area contributed by atoms with E-state index in [2.05, 4.69) is 9.93 Å². The number of hydrogen-bond donors (Lipinski definition) is 1. The molecule has 0 saturated heterocycles. The van der Waals surface area contributed by atoms with E-state index in [9.17, 15) is 8.42 Å². The summed E-state index contributed by atoms with van der Waals surface area (Å²) in [6.45, 7) is 3.58. The van der Waals surface area contributed by atoms with Crippen LogP contribution >= 0.6 is 0 Å². The Morgan fingerprint density at radius 2 is 1.79 bits per heavy atom. The van der Waals surface area contributed by atoms with Gasteiger partial charge in [0.05, 0.1) is 25.3 Å². The van der Waals surface area contributed by atoms with Crippen molar-refractivity contribution in [2.75, 3.05) is 14.2 Å². The maximum atomic E-state index is 12.4. The van der Waals surface area contributed by atoms with Crippen LogP contribution in [0.25, 0.3) is 0 Å². The number of methoxy groups -OCH3 is 2. The molecule has 0 fully saturated rings. The van der Waals surface area contributed by atoms with Gasteiger partial charge in [-0.25, -0.2) is 4.83 Å². The average Bonchev–Trinajstić information content (AvgIpc) is 2.57. The zero-order chi connectivity index (χ0) is 17.7. The average molecular weight is 348 g/mol. The molecule has 2 aromatic rings. The molecule has 0 amide bonds. The molecule has 2 rings (SSSR count). The van der Waals surface area contributed by atoms with E-state index in [4.69, 9.17) is 9.47 Å². The minimum atomic E-state index is -3.73. The van der Waals surface area contributed by atoms with Crippen molar-refractivity contribution in [2.45, 2.75) is 18.7 Å². The molecule has 1 N–H and O–H groups in total. The Kier molecular flexibility index (Phi) is 5.46. The minimum Gasteiger partial charge on any atom is -0.497 e. The second kappa shape index (κ2) is 7.35. The molecule has 128 valence electrons. The van der Waals surface area contributed by atoms with Gasteiger partial charge < -0.3 is 9.47 Å². The molecule has 24 heavy (non-hydrogen) atoms. The molecule has 0 saturated carbocycles. The molecule has 2 aromatic carbocycles. The number of benzene rings is 2. The van der Waals surface area contributed by atoms with Crippen LogP contribution in [0, 0.1) is 13.8 Å². The standard InChI is InChI=1S/C17H20N2O4S/c1-12-5-6-13(2)17(9-12)24(20,21)19-18-11-14-7-8-15(22-3)10-16(14)23-4/h5-11,19H,1-4H3/b18-11-. The van der Waals surface area contributed by atoms with Gasteiger partial charge in [0, 0.05) is 11.6 Å². The molecule has 0 heterocycles. The normalized spacial score (nSPS) is 11.5. The second-order valence-corrected chi connectivity index (χ2v) is 6.86. The van der Waals surface area contributed by atoms with Gasteiger partial charge in [0.25, 0.3) is 10.0 Å². The predicted octanol–water partition coefficient (Wildman–Crippen LogP) is 2.63. The molecular weight excluding hydrogens is 328 g/mol. The number of nitrogens with one attached hydrogen (secondary N) is 1. The monoisotopic (exact) mass is 348 g/mol. The molecule has 0 spiro atoms. The summed E-state index contributed by atoms with van der Waals surface area (Å²) >= 11 is 0. The van der Waals surface area contributed by atoms with Gasteiger partial charge in [-0.15, -0.1) is 0 Å². The Morgan fingerprint density at radius 1 is 1.04 bits per heavy atom. The first kappa shape index (κ1) is 17.8. The number of hydrogen-bond acceptors (Lipinski definition) is 5. The minimum absolute atomic E-state index is 0.210. The first-order chi connectivity index (χ1) is 11.4. The Bertz CT molecular complexity index is 861. The van der Waals surface area contributed by atoms with E-state index in [-0.39, 0.29) is 4.90 Å². The van der Waals surface area contributed by atoms with Crippen molar-refractivity contribution in [3.05, 3.63) is 53.1 Å². The van der Waals surface area contributed by atoms with Crippen LogP contribution in [0.15, 0.2) is 46.4 Å². The highest BCUT2D eigenvalue weighted by molar-refractivity contribution is 7.89. The van der Waals surface area contributed by atoms with E-state index in [0.717, 1.165) is 5.56 Å². The van der Waals surface area contributed by atoms with Crippen molar-refractivity contribution >= 4 is 16.2 Å². The van der Waals surface area contributed by atoms with Crippen molar-refractivity contribution in [2.24, 2.45) is 5.10 Å². The lowest BCUT2D eigenvalue weighted by atomic mass is 10.2. The van der Waals surface area contributed by atoms with Crippen LogP contribution in [0.1, 0.15) is 16.7 Å². The molecule has 0 aliphatic carbocycles. The SMILES string of the molecule is COc1ccc(/C=N\NS(=O)(=O)c2cc(C)ccc2C)c(OC)c1. The number of hydrazone groups is 1. The fraction of sp³-hybridized carbons (Fsp3) is 0.235. The van der Waals surface area contributed by atoms with E-state index in [1.165, 1.54) is 13.3 Å². The molecular formula is C17H20N2O4S. The van der Waals surface area contributed by atoms with Crippen LogP contribution in [0.3, 0.4) is 0 Å². The summed E-state index contributed by atoms with van der Waals surface area (Å²) in [5, 5.41) is 3.84. The van der Waals surface area contributed by atoms with Crippen LogP contribution in [0.5, 0.6) is 11.5 Å². The van der Waals surface area contributed by atoms with Crippen molar-refractivity contribution in [3.63, 3.8) is 0 Å². The molecule has 0 bridgehead atoms. The van der Waals surface area contributed by atoms with Crippen LogP contribution in [0.2, 0.25) is 0 Å². The first-order valence-electron chi connectivity index (χ1n) is 7.21. The molecule has 6 nitrogen and oxygen atoms in total. The predicted molar refractivity (Wildman–Crippen MR) is 93.4 cm³/mol. The fourth-order valence-electron chi connectivity index (χ4n) is 2.14. The number of ether oxygens (including phenoxy) is 2. The Morgan fingerprint density at radius 3 is 2.46 bits per heavy atom. The summed E-state index contributed by atoms with van der Waals surface area (Å²) in [5.74, 6) is 1.17. The number of nitrogens with zero attached hydrogens (tertiary/aromatic N) is 1. The van der Waals surface area contributed by atoms with Gasteiger partial charge in [-0.2, -0.15) is 13.5 Å². The smallest absolute Gasteiger partial charge is 0.276 e. The molecule has 0 aliphatic heterocycles. The molecule has 0 aromatic heterocycles. The summed E-state index contributed by atoms with van der Waals surface area (Å²) in [7, 11) is -0.653. The molecule has 0 atom stereocenters. The third-order valence-electron chi connectivity index (χ3n) is 3.45. The van der Waals surface area contributed by atoms with Crippen LogP contribution in [-0.4, -0.2) is 28.9 Å². The summed E-state index contributed by atoms with van der Waals surface area (Å²) in [4.78, 5) is 2.44. The van der Waals surface area contributed by atoms with Gasteiger partial charge in [-0.1, -0.05) is 12.1 Å². The third-order valence-corrected chi connectivity index (χ3v) is 4.81. The van der Waals surface area contributed by atoms with E-state index in [1.54, 1.807) is 44.4 Å². The first-order valence-corrected chi connectivity index (χ1v) is 8.70. The van der Waals surface area contributed by atoms with Gasteiger partial charge in [0.2, 0.25) is 0 Å². The van der Waals surface area contributed by atoms with Gasteiger partial charge in [0.1, 0.15) is 11.5 Å². The maximum absolute atomic E-state index is 12.4. The maximum Gasteiger partial charge on any atom is 0.276 e. The Labute approximate surface area is 142 Å². The molecule has 7 heteroatoms. The molecule has 0 aliphatic rings. The number of rotatable bonds is 6. The molecule has 0 unspecified atom stereocenters. The number of aryl methyl sites for hydroxylation is 2. The van der Waals surface area contributed by atoms with Crippen LogP contribution < -0.4 is 14.3 Å². The zero-order valence-electron chi connectivity index (χ0n) is 14.0. The highest BCUT2D eigenvalue weighted by Crippen LogP contribution is 2.23. The summed E-state index contributed by atoms with van der Waals surface area (Å²) in [6, 6.07) is 10.4. The van der Waals surface area contributed by atoms with Crippen molar-refractivity contribution in [3.8, 4) is 11.5 Å². The van der Waals surface area contributed by atoms with Crippen molar-refractivity contribution in [1.29, 1.82) is 0 Å². The highest BCUT2D eigenvalue weighted by Gasteiger charge is 2.15.